The van der Waals surface area contributed by atoms with E-state index in [0.29, 0.717) is 24.2 Å². The molecule has 190 valence electrons. The molecule has 0 amide bonds. The van der Waals surface area contributed by atoms with E-state index in [1.54, 1.807) is 0 Å². The van der Waals surface area contributed by atoms with Gasteiger partial charge in [-0.3, -0.25) is 9.00 Å². The average molecular weight is 497 g/mol. The highest BCUT2D eigenvalue weighted by molar-refractivity contribution is 7.84. The molecule has 9 heteroatoms. The molecule has 0 saturated heterocycles. The van der Waals surface area contributed by atoms with Crippen LogP contribution in [0.5, 0.6) is 0 Å². The predicted octanol–water partition coefficient (Wildman–Crippen LogP) is 3.28. The first-order valence-electron chi connectivity index (χ1n) is 12.3. The zero-order valence-corrected chi connectivity index (χ0v) is 21.1. The van der Waals surface area contributed by atoms with Gasteiger partial charge in [-0.2, -0.15) is 0 Å². The Morgan fingerprint density at radius 2 is 1.88 bits per heavy atom. The van der Waals surface area contributed by atoms with Crippen LogP contribution in [-0.4, -0.2) is 58.2 Å². The van der Waals surface area contributed by atoms with E-state index in [0.717, 1.165) is 44.9 Å². The summed E-state index contributed by atoms with van der Waals surface area (Å²) in [5, 5.41) is 9.81. The molecule has 8 nitrogen and oxygen atoms in total. The van der Waals surface area contributed by atoms with E-state index in [4.69, 9.17) is 9.47 Å². The molecule has 4 aliphatic carbocycles. The number of aliphatic hydroxyl groups is 1. The number of carbonyl (C=O) groups excluding carboxylic acids is 3. The van der Waals surface area contributed by atoms with Gasteiger partial charge >= 0.3 is 12.1 Å². The molecular formula is C25H36O8S. The van der Waals surface area contributed by atoms with Gasteiger partial charge in [0, 0.05) is 18.1 Å². The Balaban J connectivity index is 1.34. The van der Waals surface area contributed by atoms with E-state index >= 15 is 0 Å². The van der Waals surface area contributed by atoms with Crippen LogP contribution in [0.3, 0.4) is 0 Å². The van der Waals surface area contributed by atoms with E-state index < -0.39 is 35.6 Å². The summed E-state index contributed by atoms with van der Waals surface area (Å²) in [4.78, 5) is 36.0. The summed E-state index contributed by atoms with van der Waals surface area (Å²) in [5.41, 5.74) is 1.31. The van der Waals surface area contributed by atoms with Crippen molar-refractivity contribution in [3.8, 4) is 0 Å². The van der Waals surface area contributed by atoms with Crippen molar-refractivity contribution in [2.24, 2.45) is 28.6 Å². The lowest BCUT2D eigenvalue weighted by Gasteiger charge is -2.57. The number of rotatable bonds is 6. The summed E-state index contributed by atoms with van der Waals surface area (Å²) in [6.07, 6.45) is 7.87. The van der Waals surface area contributed by atoms with Crippen molar-refractivity contribution in [2.45, 2.75) is 77.4 Å². The summed E-state index contributed by atoms with van der Waals surface area (Å²) in [6, 6.07) is 0. The maximum atomic E-state index is 12.4. The van der Waals surface area contributed by atoms with Crippen LogP contribution >= 0.6 is 0 Å². The second-order valence-electron chi connectivity index (χ2n) is 10.9. The first kappa shape index (κ1) is 25.4. The lowest BCUT2D eigenvalue weighted by Crippen LogP contribution is -2.51. The van der Waals surface area contributed by atoms with E-state index in [9.17, 15) is 23.7 Å². The van der Waals surface area contributed by atoms with Gasteiger partial charge in [-0.1, -0.05) is 19.4 Å². The molecule has 0 aliphatic heterocycles. The Morgan fingerprint density at radius 3 is 2.62 bits per heavy atom. The van der Waals surface area contributed by atoms with Gasteiger partial charge in [0.25, 0.3) is 0 Å². The van der Waals surface area contributed by atoms with Gasteiger partial charge < -0.3 is 19.3 Å². The molecule has 0 aromatic rings. The molecule has 4 aliphatic rings. The van der Waals surface area contributed by atoms with Crippen LogP contribution in [0.1, 0.15) is 65.2 Å². The average Bonchev–Trinajstić information content (AvgIpc) is 3.12. The van der Waals surface area contributed by atoms with Crippen LogP contribution in [0.25, 0.3) is 0 Å². The van der Waals surface area contributed by atoms with E-state index in [1.165, 1.54) is 11.8 Å². The number of fused-ring (bicyclic) bond motifs is 5. The standard InChI is InChI=1S/C25H36O8S/c1-24-10-8-16(26)12-15(24)4-5-17-18-6-7-21(25(18,2)11-9-19(17)24)33-23(29)31-13-20(27)22(28)32-14-34(3)30/h12,17-21,27H,4-11,13-14H2,1-3H3/t17-,18-,19-,20?,21+,24-,25-,34?/m0/s1. The Hall–Kier alpha value is -1.74. The van der Waals surface area contributed by atoms with Crippen LogP contribution in [0.4, 0.5) is 4.79 Å². The van der Waals surface area contributed by atoms with Crippen molar-refractivity contribution >= 4 is 28.7 Å². The summed E-state index contributed by atoms with van der Waals surface area (Å²) < 4.78 is 26.4. The van der Waals surface area contributed by atoms with Crippen molar-refractivity contribution in [3.63, 3.8) is 0 Å². The van der Waals surface area contributed by atoms with Gasteiger partial charge in [0.05, 0.1) is 10.8 Å². The van der Waals surface area contributed by atoms with Gasteiger partial charge in [-0.15, -0.1) is 0 Å². The molecule has 2 unspecified atom stereocenters. The second kappa shape index (κ2) is 9.72. The fourth-order valence-electron chi connectivity index (χ4n) is 7.31. The summed E-state index contributed by atoms with van der Waals surface area (Å²) in [5.74, 6) is 0.519. The molecule has 1 N–H and O–H groups in total. The third-order valence-corrected chi connectivity index (χ3v) is 9.56. The highest BCUT2D eigenvalue weighted by Gasteiger charge is 2.60. The zero-order valence-electron chi connectivity index (χ0n) is 20.2. The minimum absolute atomic E-state index is 0.102. The van der Waals surface area contributed by atoms with Crippen LogP contribution < -0.4 is 0 Å². The van der Waals surface area contributed by atoms with Crippen LogP contribution in [0, 0.1) is 28.6 Å². The largest absolute Gasteiger partial charge is 0.508 e. The monoisotopic (exact) mass is 496 g/mol. The maximum absolute atomic E-state index is 12.4. The van der Waals surface area contributed by atoms with Crippen LogP contribution in [0.2, 0.25) is 0 Å². The minimum atomic E-state index is -1.65. The number of ether oxygens (including phenoxy) is 3. The first-order chi connectivity index (χ1) is 16.0. The zero-order chi connectivity index (χ0) is 24.7. The fraction of sp³-hybridized carbons (Fsp3) is 0.800. The lowest BCUT2D eigenvalue weighted by atomic mass is 9.47. The number of hydrogen-bond donors (Lipinski definition) is 1. The molecule has 0 aromatic heterocycles. The number of aliphatic hydroxyl groups excluding tert-OH is 1. The molecule has 0 radical (unpaired) electrons. The molecule has 8 atom stereocenters. The third-order valence-electron chi connectivity index (χ3n) is 9.11. The highest BCUT2D eigenvalue weighted by atomic mass is 32.2. The SMILES string of the molecule is CS(=O)COC(=O)C(O)COC(=O)O[C@@H]1CC[C@H]2[C@@H]3CCC4=CC(=O)CC[C@]4(C)[C@H]3CC[C@]12C. The smallest absolute Gasteiger partial charge is 0.450 e. The molecule has 3 saturated carbocycles. The molecule has 34 heavy (non-hydrogen) atoms. The fourth-order valence-corrected chi connectivity index (χ4v) is 7.59. The predicted molar refractivity (Wildman–Crippen MR) is 124 cm³/mol. The maximum Gasteiger partial charge on any atom is 0.508 e. The molecule has 3 fully saturated rings. The summed E-state index contributed by atoms with van der Waals surface area (Å²) in [6.45, 7) is 3.99. The molecule has 4 rings (SSSR count). The van der Waals surface area contributed by atoms with Crippen molar-refractivity contribution < 1.29 is 37.9 Å². The number of carbonyl (C=O) groups is 3. The quantitative estimate of drug-likeness (QED) is 0.557. The van der Waals surface area contributed by atoms with Crippen LogP contribution in [-0.2, 0) is 34.6 Å². The second-order valence-corrected chi connectivity index (χ2v) is 12.3. The van der Waals surface area contributed by atoms with Gasteiger partial charge in [-0.05, 0) is 74.2 Å². The third kappa shape index (κ3) is 4.70. The number of ketones is 1. The van der Waals surface area contributed by atoms with Crippen molar-refractivity contribution in [3.05, 3.63) is 11.6 Å². The van der Waals surface area contributed by atoms with Gasteiger partial charge in [0.2, 0.25) is 0 Å². The minimum Gasteiger partial charge on any atom is -0.450 e. The molecule has 0 aromatic carbocycles. The number of hydrogen-bond acceptors (Lipinski definition) is 8. The number of allylic oxidation sites excluding steroid dienone is 1. The Labute approximate surface area is 203 Å². The van der Waals surface area contributed by atoms with E-state index in [-0.39, 0.29) is 28.7 Å². The summed E-state index contributed by atoms with van der Waals surface area (Å²) >= 11 is 0. The Kier molecular flexibility index (Phi) is 7.25. The van der Waals surface area contributed by atoms with Crippen molar-refractivity contribution in [2.75, 3.05) is 18.8 Å². The molecule has 0 heterocycles. The molecule has 0 bridgehead atoms. The molecule has 0 spiro atoms. The van der Waals surface area contributed by atoms with Gasteiger partial charge in [0.1, 0.15) is 12.7 Å². The topological polar surface area (TPSA) is 116 Å². The lowest BCUT2D eigenvalue weighted by molar-refractivity contribution is -0.154. The van der Waals surface area contributed by atoms with Gasteiger partial charge in [0.15, 0.2) is 17.8 Å². The van der Waals surface area contributed by atoms with Gasteiger partial charge in [-0.25, -0.2) is 9.59 Å². The molecular weight excluding hydrogens is 460 g/mol. The Bertz CT molecular complexity index is 899. The van der Waals surface area contributed by atoms with Crippen molar-refractivity contribution in [1.29, 1.82) is 0 Å². The van der Waals surface area contributed by atoms with E-state index in [2.05, 4.69) is 18.6 Å². The van der Waals surface area contributed by atoms with E-state index in [1.807, 2.05) is 6.08 Å². The van der Waals surface area contributed by atoms with Crippen molar-refractivity contribution in [1.82, 2.24) is 0 Å². The Morgan fingerprint density at radius 1 is 1.12 bits per heavy atom. The first-order valence-corrected chi connectivity index (χ1v) is 14.0. The van der Waals surface area contributed by atoms with Crippen LogP contribution in [0.15, 0.2) is 11.6 Å². The number of esters is 1. The normalized spacial score (nSPS) is 38.5. The highest BCUT2D eigenvalue weighted by Crippen LogP contribution is 2.65. The summed E-state index contributed by atoms with van der Waals surface area (Å²) in [7, 11) is -1.34.